The lowest BCUT2D eigenvalue weighted by atomic mass is 10.00. The number of hydrogen-bond acceptors (Lipinski definition) is 3. The van der Waals surface area contributed by atoms with Gasteiger partial charge in [-0.1, -0.05) is 30.3 Å². The predicted octanol–water partition coefficient (Wildman–Crippen LogP) is 3.85. The molecule has 1 aliphatic heterocycles. The van der Waals surface area contributed by atoms with E-state index in [1.54, 1.807) is 12.1 Å². The lowest BCUT2D eigenvalue weighted by Crippen LogP contribution is -2.13. The Morgan fingerprint density at radius 2 is 2.11 bits per heavy atom. The predicted molar refractivity (Wildman–Crippen MR) is 71.6 cm³/mol. The second kappa shape index (κ2) is 4.63. The average Bonchev–Trinajstić information content (AvgIpc) is 2.38. The molecule has 0 amide bonds. The fourth-order valence-electron chi connectivity index (χ4n) is 2.05. The number of hydrogen-bond donors (Lipinski definition) is 1. The molecule has 3 rings (SSSR count). The molecular weight excluding hydrogens is 249 g/mol. The van der Waals surface area contributed by atoms with Crippen LogP contribution in [0.1, 0.15) is 11.1 Å². The molecule has 0 radical (unpaired) electrons. The van der Waals surface area contributed by atoms with E-state index in [1.165, 1.54) is 12.2 Å². The molecule has 1 N–H and O–H groups in total. The minimum absolute atomic E-state index is 0.212. The Balaban J connectivity index is 2.17. The van der Waals surface area contributed by atoms with Crippen LogP contribution in [0, 0.1) is 12.7 Å². The summed E-state index contributed by atoms with van der Waals surface area (Å²) in [6.45, 7) is 2.60. The Bertz CT molecular complexity index is 600. The Morgan fingerprint density at radius 1 is 1.22 bits per heavy atom. The standard InChI is InChI=1S/C14H12FNOS/c1-9-5-6-11(13(15)7-9)12-4-2-3-10-8-16-18-17-14(10)12/h2-7,16H,8H2,1H3. The van der Waals surface area contributed by atoms with Crippen molar-refractivity contribution in [2.24, 2.45) is 0 Å². The maximum atomic E-state index is 14.0. The van der Waals surface area contributed by atoms with Gasteiger partial charge in [0.1, 0.15) is 18.0 Å². The fourth-order valence-corrected chi connectivity index (χ4v) is 2.60. The molecule has 0 unspecified atom stereocenters. The highest BCUT2D eigenvalue weighted by Crippen LogP contribution is 2.38. The maximum Gasteiger partial charge on any atom is 0.151 e. The summed E-state index contributed by atoms with van der Waals surface area (Å²) < 4.78 is 22.6. The molecule has 2 aromatic carbocycles. The van der Waals surface area contributed by atoms with Crippen LogP contribution >= 0.6 is 12.2 Å². The van der Waals surface area contributed by atoms with E-state index < -0.39 is 0 Å². The van der Waals surface area contributed by atoms with Crippen LogP contribution in [0.2, 0.25) is 0 Å². The molecule has 0 spiro atoms. The fraction of sp³-hybridized carbons (Fsp3) is 0.143. The quantitative estimate of drug-likeness (QED) is 0.622. The lowest BCUT2D eigenvalue weighted by Gasteiger charge is -2.19. The van der Waals surface area contributed by atoms with Crippen molar-refractivity contribution in [2.45, 2.75) is 13.5 Å². The van der Waals surface area contributed by atoms with Crippen LogP contribution in [-0.4, -0.2) is 0 Å². The number of fused-ring (bicyclic) bond motifs is 1. The molecule has 0 fully saturated rings. The van der Waals surface area contributed by atoms with E-state index in [0.717, 1.165) is 29.0 Å². The Kier molecular flexibility index (Phi) is 2.97. The van der Waals surface area contributed by atoms with Crippen LogP contribution in [-0.2, 0) is 6.54 Å². The SMILES string of the molecule is Cc1ccc(-c2cccc3c2OSNC3)c(F)c1. The number of halogens is 1. The van der Waals surface area contributed by atoms with Gasteiger partial charge in [-0.15, -0.1) is 0 Å². The summed E-state index contributed by atoms with van der Waals surface area (Å²) in [5, 5.41) is 0. The summed E-state index contributed by atoms with van der Waals surface area (Å²) in [6.07, 6.45) is 0. The molecular formula is C14H12FNOS. The number of aryl methyl sites for hydroxylation is 1. The maximum absolute atomic E-state index is 14.0. The van der Waals surface area contributed by atoms with Crippen molar-refractivity contribution < 1.29 is 8.57 Å². The topological polar surface area (TPSA) is 21.3 Å². The Hall–Kier alpha value is -1.52. The first-order chi connectivity index (χ1) is 8.75. The van der Waals surface area contributed by atoms with Crippen LogP contribution in [0.4, 0.5) is 4.39 Å². The van der Waals surface area contributed by atoms with Crippen molar-refractivity contribution in [1.29, 1.82) is 0 Å². The van der Waals surface area contributed by atoms with Crippen molar-refractivity contribution in [3.8, 4) is 16.9 Å². The van der Waals surface area contributed by atoms with E-state index in [0.29, 0.717) is 5.56 Å². The zero-order valence-electron chi connectivity index (χ0n) is 9.87. The highest BCUT2D eigenvalue weighted by atomic mass is 32.2. The Morgan fingerprint density at radius 3 is 2.94 bits per heavy atom. The van der Waals surface area contributed by atoms with Gasteiger partial charge in [-0.25, -0.2) is 9.11 Å². The zero-order chi connectivity index (χ0) is 12.5. The van der Waals surface area contributed by atoms with E-state index in [1.807, 2.05) is 31.2 Å². The van der Waals surface area contributed by atoms with E-state index in [2.05, 4.69) is 4.72 Å². The molecule has 0 aliphatic carbocycles. The summed E-state index contributed by atoms with van der Waals surface area (Å²) in [4.78, 5) is 0. The van der Waals surface area contributed by atoms with Gasteiger partial charge in [-0.05, 0) is 18.6 Å². The van der Waals surface area contributed by atoms with Gasteiger partial charge in [0.15, 0.2) is 5.75 Å². The molecule has 0 atom stereocenters. The minimum atomic E-state index is -0.212. The van der Waals surface area contributed by atoms with Crippen LogP contribution in [0.3, 0.4) is 0 Å². The third kappa shape index (κ3) is 1.98. The largest absolute Gasteiger partial charge is 0.409 e. The Labute approximate surface area is 110 Å². The van der Waals surface area contributed by atoms with E-state index in [-0.39, 0.29) is 5.82 Å². The summed E-state index contributed by atoms with van der Waals surface area (Å²) in [5.41, 5.74) is 3.35. The number of para-hydroxylation sites is 1. The van der Waals surface area contributed by atoms with E-state index in [9.17, 15) is 4.39 Å². The summed E-state index contributed by atoms with van der Waals surface area (Å²) in [5.74, 6) is 0.541. The molecule has 0 saturated heterocycles. The molecule has 0 saturated carbocycles. The number of nitrogens with one attached hydrogen (secondary N) is 1. The van der Waals surface area contributed by atoms with Crippen molar-refractivity contribution in [1.82, 2.24) is 4.72 Å². The normalized spacial score (nSPS) is 13.9. The average molecular weight is 261 g/mol. The van der Waals surface area contributed by atoms with Crippen LogP contribution < -0.4 is 8.91 Å². The minimum Gasteiger partial charge on any atom is -0.409 e. The van der Waals surface area contributed by atoms with Gasteiger partial charge >= 0.3 is 0 Å². The van der Waals surface area contributed by atoms with Crippen LogP contribution in [0.15, 0.2) is 36.4 Å². The highest BCUT2D eigenvalue weighted by Gasteiger charge is 2.18. The molecule has 0 aromatic heterocycles. The van der Waals surface area contributed by atoms with Gasteiger partial charge in [0.05, 0.1) is 0 Å². The number of benzene rings is 2. The van der Waals surface area contributed by atoms with Gasteiger partial charge in [0, 0.05) is 23.2 Å². The lowest BCUT2D eigenvalue weighted by molar-refractivity contribution is 0.597. The van der Waals surface area contributed by atoms with Crippen molar-refractivity contribution in [3.05, 3.63) is 53.3 Å². The molecule has 2 nitrogen and oxygen atoms in total. The van der Waals surface area contributed by atoms with Gasteiger partial charge in [-0.2, -0.15) is 0 Å². The third-order valence-corrected chi connectivity index (χ3v) is 3.47. The second-order valence-electron chi connectivity index (χ2n) is 4.26. The van der Waals surface area contributed by atoms with Crippen molar-refractivity contribution >= 4 is 12.2 Å². The van der Waals surface area contributed by atoms with Gasteiger partial charge in [-0.3, -0.25) is 0 Å². The molecule has 1 aliphatic rings. The molecule has 92 valence electrons. The van der Waals surface area contributed by atoms with E-state index >= 15 is 0 Å². The van der Waals surface area contributed by atoms with Gasteiger partial charge in [0.25, 0.3) is 0 Å². The summed E-state index contributed by atoms with van der Waals surface area (Å²) >= 11 is 1.18. The second-order valence-corrected chi connectivity index (χ2v) is 4.89. The van der Waals surface area contributed by atoms with Crippen molar-refractivity contribution in [3.63, 3.8) is 0 Å². The molecule has 18 heavy (non-hydrogen) atoms. The smallest absolute Gasteiger partial charge is 0.151 e. The van der Waals surface area contributed by atoms with Crippen LogP contribution in [0.25, 0.3) is 11.1 Å². The van der Waals surface area contributed by atoms with E-state index in [4.69, 9.17) is 4.18 Å². The highest BCUT2D eigenvalue weighted by molar-refractivity contribution is 7.93. The molecule has 4 heteroatoms. The molecule has 0 bridgehead atoms. The van der Waals surface area contributed by atoms with Gasteiger partial charge < -0.3 is 4.18 Å². The first kappa shape index (κ1) is 11.6. The molecule has 2 aromatic rings. The monoisotopic (exact) mass is 261 g/mol. The van der Waals surface area contributed by atoms with Crippen LogP contribution in [0.5, 0.6) is 5.75 Å². The first-order valence-corrected chi connectivity index (χ1v) is 6.44. The van der Waals surface area contributed by atoms with Crippen molar-refractivity contribution in [2.75, 3.05) is 0 Å². The number of rotatable bonds is 1. The zero-order valence-corrected chi connectivity index (χ0v) is 10.7. The first-order valence-electron chi connectivity index (χ1n) is 5.70. The summed E-state index contributed by atoms with van der Waals surface area (Å²) in [6, 6.07) is 11.1. The molecule has 1 heterocycles. The third-order valence-electron chi connectivity index (χ3n) is 2.96. The van der Waals surface area contributed by atoms with Gasteiger partial charge in [0.2, 0.25) is 0 Å². The summed E-state index contributed by atoms with van der Waals surface area (Å²) in [7, 11) is 0.